The van der Waals surface area contributed by atoms with E-state index in [1.807, 2.05) is 0 Å². The number of nitrogens with zero attached hydrogens (tertiary/aromatic N) is 2. The molecule has 0 fully saturated rings. The first-order chi connectivity index (χ1) is 9.88. The zero-order valence-electron chi connectivity index (χ0n) is 10.5. The van der Waals surface area contributed by atoms with Gasteiger partial charge in [-0.25, -0.2) is 0 Å². The van der Waals surface area contributed by atoms with Gasteiger partial charge in [0.05, 0.1) is 9.82 Å². The van der Waals surface area contributed by atoms with E-state index in [-0.39, 0.29) is 10.6 Å². The molecule has 0 aliphatic rings. The molecule has 0 atom stereocenters. The first-order valence-electron chi connectivity index (χ1n) is 5.69. The fourth-order valence-corrected chi connectivity index (χ4v) is 2.47. The third-order valence-corrected chi connectivity index (χ3v) is 4.06. The molecule has 2 rings (SSSR count). The van der Waals surface area contributed by atoms with E-state index in [4.69, 9.17) is 11.6 Å². The highest BCUT2D eigenvalue weighted by Gasteiger charge is 2.11. The molecule has 21 heavy (non-hydrogen) atoms. The molecular formula is C13H9ClN2O4S. The van der Waals surface area contributed by atoms with Crippen molar-refractivity contribution in [2.24, 2.45) is 4.40 Å². The number of nitro groups is 1. The molecule has 8 heteroatoms. The predicted octanol–water partition coefficient (Wildman–Crippen LogP) is 3.06. The van der Waals surface area contributed by atoms with E-state index in [0.29, 0.717) is 10.6 Å². The molecule has 0 N–H and O–H groups in total. The summed E-state index contributed by atoms with van der Waals surface area (Å²) in [4.78, 5) is 9.99. The van der Waals surface area contributed by atoms with E-state index in [9.17, 15) is 18.5 Å². The van der Waals surface area contributed by atoms with Crippen molar-refractivity contribution in [3.05, 3.63) is 69.2 Å². The zero-order chi connectivity index (χ0) is 15.5. The number of benzene rings is 2. The Kier molecular flexibility index (Phi) is 4.35. The summed E-state index contributed by atoms with van der Waals surface area (Å²) in [6.07, 6.45) is 1.13. The topological polar surface area (TPSA) is 89.6 Å². The Labute approximate surface area is 125 Å². The van der Waals surface area contributed by atoms with Crippen LogP contribution in [0.3, 0.4) is 0 Å². The number of hydrogen-bond acceptors (Lipinski definition) is 4. The lowest BCUT2D eigenvalue weighted by Gasteiger charge is -1.98. The van der Waals surface area contributed by atoms with Gasteiger partial charge in [-0.05, 0) is 42.0 Å². The summed E-state index contributed by atoms with van der Waals surface area (Å²) in [6.45, 7) is 0. The molecule has 2 aromatic rings. The minimum Gasteiger partial charge on any atom is -0.258 e. The Bertz CT molecular complexity index is 784. The Morgan fingerprint density at radius 1 is 1.05 bits per heavy atom. The van der Waals surface area contributed by atoms with E-state index < -0.39 is 14.9 Å². The van der Waals surface area contributed by atoms with Gasteiger partial charge in [-0.15, -0.1) is 0 Å². The normalized spacial score (nSPS) is 11.7. The van der Waals surface area contributed by atoms with Gasteiger partial charge in [0, 0.05) is 23.4 Å². The molecule has 0 radical (unpaired) electrons. The van der Waals surface area contributed by atoms with Crippen LogP contribution in [0.2, 0.25) is 5.02 Å². The van der Waals surface area contributed by atoms with Gasteiger partial charge in [-0.3, -0.25) is 10.1 Å². The molecule has 0 aromatic heterocycles. The second-order valence-corrected chi connectivity index (χ2v) is 6.08. The smallest absolute Gasteiger partial charge is 0.258 e. The maximum absolute atomic E-state index is 11.9. The molecule has 0 unspecified atom stereocenters. The van der Waals surface area contributed by atoms with Crippen LogP contribution in [0.1, 0.15) is 5.56 Å². The van der Waals surface area contributed by atoms with Gasteiger partial charge in [0.15, 0.2) is 0 Å². The number of rotatable bonds is 4. The molecule has 0 saturated carbocycles. The molecule has 2 aromatic carbocycles. The number of halogens is 1. The Morgan fingerprint density at radius 2 is 1.62 bits per heavy atom. The number of hydrogen-bond donors (Lipinski definition) is 0. The fraction of sp³-hybridized carbons (Fsp3) is 0. The van der Waals surface area contributed by atoms with Gasteiger partial charge in [0.25, 0.3) is 15.7 Å². The molecule has 108 valence electrons. The molecular weight excluding hydrogens is 316 g/mol. The summed E-state index contributed by atoms with van der Waals surface area (Å²) in [5.41, 5.74) is 0.367. The van der Waals surface area contributed by atoms with Gasteiger partial charge >= 0.3 is 0 Å². The van der Waals surface area contributed by atoms with Crippen LogP contribution in [0, 0.1) is 10.1 Å². The van der Waals surface area contributed by atoms with Gasteiger partial charge in [-0.1, -0.05) is 11.6 Å². The Hall–Kier alpha value is -2.25. The van der Waals surface area contributed by atoms with E-state index in [1.165, 1.54) is 48.5 Å². The predicted molar refractivity (Wildman–Crippen MR) is 79.3 cm³/mol. The highest BCUT2D eigenvalue weighted by molar-refractivity contribution is 7.90. The largest absolute Gasteiger partial charge is 0.282 e. The van der Waals surface area contributed by atoms with E-state index in [1.54, 1.807) is 0 Å². The highest BCUT2D eigenvalue weighted by Crippen LogP contribution is 2.16. The Morgan fingerprint density at radius 3 is 2.14 bits per heavy atom. The maximum atomic E-state index is 11.9. The standard InChI is InChI=1S/C13H9ClN2O4S/c14-11-3-7-13(8-4-11)21(19,20)15-9-10-1-5-12(6-2-10)16(17)18/h1-9H. The SMILES string of the molecule is O=[N+]([O-])c1ccc(C=NS(=O)(=O)c2ccc(Cl)cc2)cc1. The molecule has 0 saturated heterocycles. The van der Waals surface area contributed by atoms with Crippen molar-refractivity contribution in [2.75, 3.05) is 0 Å². The molecule has 6 nitrogen and oxygen atoms in total. The van der Waals surface area contributed by atoms with Crippen molar-refractivity contribution >= 4 is 33.5 Å². The first kappa shape index (κ1) is 15.1. The molecule has 0 spiro atoms. The van der Waals surface area contributed by atoms with Gasteiger partial charge in [0.2, 0.25) is 0 Å². The van der Waals surface area contributed by atoms with Crippen LogP contribution in [0.15, 0.2) is 57.8 Å². The van der Waals surface area contributed by atoms with E-state index >= 15 is 0 Å². The van der Waals surface area contributed by atoms with Crippen molar-refractivity contribution in [3.63, 3.8) is 0 Å². The lowest BCUT2D eigenvalue weighted by molar-refractivity contribution is -0.384. The minimum atomic E-state index is -3.82. The fourth-order valence-electron chi connectivity index (χ4n) is 1.48. The molecule has 0 amide bonds. The van der Waals surface area contributed by atoms with Gasteiger partial charge < -0.3 is 0 Å². The monoisotopic (exact) mass is 324 g/mol. The average Bonchev–Trinajstić information content (AvgIpc) is 2.46. The van der Waals surface area contributed by atoms with Gasteiger partial charge in [-0.2, -0.15) is 12.8 Å². The van der Waals surface area contributed by atoms with Gasteiger partial charge in [0.1, 0.15) is 0 Å². The summed E-state index contributed by atoms with van der Waals surface area (Å²) >= 11 is 5.69. The highest BCUT2D eigenvalue weighted by atomic mass is 35.5. The van der Waals surface area contributed by atoms with Crippen LogP contribution in [0.5, 0.6) is 0 Å². The number of non-ortho nitro benzene ring substituents is 1. The first-order valence-corrected chi connectivity index (χ1v) is 7.51. The van der Waals surface area contributed by atoms with Crippen molar-refractivity contribution in [1.29, 1.82) is 0 Å². The lowest BCUT2D eigenvalue weighted by Crippen LogP contribution is -1.97. The van der Waals surface area contributed by atoms with E-state index in [0.717, 1.165) is 6.21 Å². The maximum Gasteiger partial charge on any atom is 0.282 e. The van der Waals surface area contributed by atoms with E-state index in [2.05, 4.69) is 4.40 Å². The van der Waals surface area contributed by atoms with Crippen LogP contribution in [-0.2, 0) is 10.0 Å². The molecule has 0 heterocycles. The second-order valence-electron chi connectivity index (χ2n) is 4.01. The van der Waals surface area contributed by atoms with Crippen molar-refractivity contribution in [1.82, 2.24) is 0 Å². The summed E-state index contributed by atoms with van der Waals surface area (Å²) < 4.78 is 27.4. The minimum absolute atomic E-state index is 0.0186. The van der Waals surface area contributed by atoms with Crippen LogP contribution >= 0.6 is 11.6 Å². The van der Waals surface area contributed by atoms with Crippen molar-refractivity contribution in [3.8, 4) is 0 Å². The summed E-state index contributed by atoms with van der Waals surface area (Å²) in [5.74, 6) is 0. The van der Waals surface area contributed by atoms with Crippen LogP contribution in [0.25, 0.3) is 0 Å². The molecule has 0 aliphatic heterocycles. The van der Waals surface area contributed by atoms with Crippen molar-refractivity contribution in [2.45, 2.75) is 4.90 Å². The third-order valence-electron chi connectivity index (χ3n) is 2.56. The van der Waals surface area contributed by atoms with Crippen LogP contribution in [0.4, 0.5) is 5.69 Å². The number of sulfonamides is 1. The summed E-state index contributed by atoms with van der Waals surface area (Å²) in [5, 5.41) is 10.9. The quantitative estimate of drug-likeness (QED) is 0.491. The zero-order valence-corrected chi connectivity index (χ0v) is 12.1. The lowest BCUT2D eigenvalue weighted by atomic mass is 10.2. The van der Waals surface area contributed by atoms with Crippen LogP contribution in [-0.4, -0.2) is 19.6 Å². The second kappa shape index (κ2) is 6.02. The third kappa shape index (κ3) is 3.87. The number of nitro benzene ring substituents is 1. The van der Waals surface area contributed by atoms with Crippen LogP contribution < -0.4 is 0 Å². The average molecular weight is 325 g/mol. The van der Waals surface area contributed by atoms with Crippen molar-refractivity contribution < 1.29 is 13.3 Å². The Balaban J connectivity index is 2.23. The molecule has 0 aliphatic carbocycles. The molecule has 0 bridgehead atoms. The summed E-state index contributed by atoms with van der Waals surface area (Å²) in [7, 11) is -3.82. The summed E-state index contributed by atoms with van der Waals surface area (Å²) in [6, 6.07) is 11.0.